The summed E-state index contributed by atoms with van der Waals surface area (Å²) in [6, 6.07) is -3.06. The molecular formula is C16H26N2O7. The fourth-order valence-electron chi connectivity index (χ4n) is 2.64. The summed E-state index contributed by atoms with van der Waals surface area (Å²) in [5.74, 6) is -3.94. The zero-order valence-corrected chi connectivity index (χ0v) is 14.5. The van der Waals surface area contributed by atoms with E-state index in [1.54, 1.807) is 6.92 Å². The average molecular weight is 358 g/mol. The highest BCUT2D eigenvalue weighted by molar-refractivity contribution is 6.03. The van der Waals surface area contributed by atoms with Crippen molar-refractivity contribution < 1.29 is 33.8 Å². The molecule has 0 aromatic heterocycles. The van der Waals surface area contributed by atoms with Gasteiger partial charge in [-0.25, -0.2) is 9.59 Å². The second-order valence-corrected chi connectivity index (χ2v) is 6.14. The molecule has 0 bridgehead atoms. The summed E-state index contributed by atoms with van der Waals surface area (Å²) in [5, 5.41) is 10.8. The molecule has 0 spiro atoms. The second kappa shape index (κ2) is 9.97. The summed E-state index contributed by atoms with van der Waals surface area (Å²) in [5.41, 5.74) is 5.45. The van der Waals surface area contributed by atoms with Crippen molar-refractivity contribution in [3.8, 4) is 0 Å². The fourth-order valence-corrected chi connectivity index (χ4v) is 2.64. The summed E-state index contributed by atoms with van der Waals surface area (Å²) in [6.07, 6.45) is 2.62. The van der Waals surface area contributed by atoms with Crippen LogP contribution in [0.4, 0.5) is 0 Å². The van der Waals surface area contributed by atoms with Crippen molar-refractivity contribution in [3.05, 3.63) is 0 Å². The number of ether oxygens (including phenoxy) is 2. The van der Waals surface area contributed by atoms with Crippen LogP contribution in [0.3, 0.4) is 0 Å². The summed E-state index contributed by atoms with van der Waals surface area (Å²) in [4.78, 5) is 46.9. The van der Waals surface area contributed by atoms with Gasteiger partial charge in [-0.3, -0.25) is 9.59 Å². The Bertz CT molecular complexity index is 509. The van der Waals surface area contributed by atoms with E-state index in [1.165, 1.54) is 0 Å². The number of carbonyl (C=O) groups excluding carboxylic acids is 3. The molecule has 0 radical (unpaired) electrons. The highest BCUT2D eigenvalue weighted by atomic mass is 16.6. The Labute approximate surface area is 146 Å². The maximum absolute atomic E-state index is 12.4. The molecule has 3 unspecified atom stereocenters. The van der Waals surface area contributed by atoms with Crippen LogP contribution < -0.4 is 11.1 Å². The minimum Gasteiger partial charge on any atom is -0.481 e. The van der Waals surface area contributed by atoms with Crippen LogP contribution in [0, 0.1) is 5.92 Å². The zero-order valence-electron chi connectivity index (χ0n) is 14.5. The topological polar surface area (TPSA) is 145 Å². The molecule has 0 heterocycles. The van der Waals surface area contributed by atoms with Crippen molar-refractivity contribution in [3.63, 3.8) is 0 Å². The first-order valence-corrected chi connectivity index (χ1v) is 8.41. The third-order valence-electron chi connectivity index (χ3n) is 4.08. The van der Waals surface area contributed by atoms with Gasteiger partial charge in [0.1, 0.15) is 6.10 Å². The highest BCUT2D eigenvalue weighted by Gasteiger charge is 2.36. The van der Waals surface area contributed by atoms with Gasteiger partial charge in [0.15, 0.2) is 0 Å². The molecule has 0 aromatic carbocycles. The van der Waals surface area contributed by atoms with E-state index in [0.717, 1.165) is 19.3 Å². The van der Waals surface area contributed by atoms with E-state index in [1.807, 2.05) is 6.92 Å². The molecular weight excluding hydrogens is 332 g/mol. The van der Waals surface area contributed by atoms with Gasteiger partial charge in [0.25, 0.3) is 0 Å². The summed E-state index contributed by atoms with van der Waals surface area (Å²) < 4.78 is 10.2. The monoisotopic (exact) mass is 358 g/mol. The minimum absolute atomic E-state index is 0.0134. The molecule has 9 heteroatoms. The van der Waals surface area contributed by atoms with Crippen LogP contribution >= 0.6 is 0 Å². The number of nitrogens with two attached hydrogens (primary N) is 1. The van der Waals surface area contributed by atoms with E-state index in [-0.39, 0.29) is 18.6 Å². The molecule has 1 aliphatic rings. The van der Waals surface area contributed by atoms with Crippen molar-refractivity contribution in [1.82, 2.24) is 5.32 Å². The number of aliphatic carboxylic acids is 1. The van der Waals surface area contributed by atoms with Gasteiger partial charge >= 0.3 is 17.9 Å². The van der Waals surface area contributed by atoms with Gasteiger partial charge in [0.05, 0.1) is 19.1 Å². The Hall–Kier alpha value is -2.16. The van der Waals surface area contributed by atoms with Crippen LogP contribution in [0.15, 0.2) is 0 Å². The SMILES string of the molecule is CCOC(=O)C(NC(=O)[C@@H](N)CC(=O)O)C(=O)OC1CCCCC1C. The largest absolute Gasteiger partial charge is 0.481 e. The molecule has 0 aromatic rings. The normalized spacial score (nSPS) is 22.4. The molecule has 0 aliphatic heterocycles. The van der Waals surface area contributed by atoms with Crippen molar-refractivity contribution in [2.75, 3.05) is 6.61 Å². The van der Waals surface area contributed by atoms with Gasteiger partial charge < -0.3 is 25.6 Å². The zero-order chi connectivity index (χ0) is 19.0. The lowest BCUT2D eigenvalue weighted by molar-refractivity contribution is -0.165. The Kier molecular flexibility index (Phi) is 8.33. The fraction of sp³-hybridized carbons (Fsp3) is 0.750. The quantitative estimate of drug-likeness (QED) is 0.405. The number of carboxylic acids is 1. The Balaban J connectivity index is 2.77. The lowest BCUT2D eigenvalue weighted by atomic mass is 9.88. The number of carbonyl (C=O) groups is 4. The van der Waals surface area contributed by atoms with Crippen LogP contribution in [0.1, 0.15) is 46.0 Å². The maximum Gasteiger partial charge on any atom is 0.340 e. The van der Waals surface area contributed by atoms with Crippen molar-refractivity contribution in [2.45, 2.75) is 64.1 Å². The van der Waals surface area contributed by atoms with Gasteiger partial charge in [-0.2, -0.15) is 0 Å². The minimum atomic E-state index is -1.67. The van der Waals surface area contributed by atoms with Gasteiger partial charge in [-0.05, 0) is 32.1 Å². The number of nitrogens with one attached hydrogen (secondary N) is 1. The second-order valence-electron chi connectivity index (χ2n) is 6.14. The maximum atomic E-state index is 12.4. The number of hydrogen-bond acceptors (Lipinski definition) is 7. The van der Waals surface area contributed by atoms with E-state index < -0.39 is 42.3 Å². The number of rotatable bonds is 8. The first-order valence-electron chi connectivity index (χ1n) is 8.41. The van der Waals surface area contributed by atoms with E-state index >= 15 is 0 Å². The molecule has 25 heavy (non-hydrogen) atoms. The summed E-state index contributed by atoms with van der Waals surface area (Å²) >= 11 is 0. The van der Waals surface area contributed by atoms with Crippen LogP contribution in [-0.2, 0) is 28.7 Å². The molecule has 1 aliphatic carbocycles. The average Bonchev–Trinajstić information content (AvgIpc) is 2.53. The molecule has 1 amide bonds. The van der Waals surface area contributed by atoms with Gasteiger partial charge in [0, 0.05) is 0 Å². The van der Waals surface area contributed by atoms with Gasteiger partial charge in [-0.1, -0.05) is 13.3 Å². The Morgan fingerprint density at radius 3 is 2.40 bits per heavy atom. The summed E-state index contributed by atoms with van der Waals surface area (Å²) in [6.45, 7) is 3.53. The predicted molar refractivity (Wildman–Crippen MR) is 86.3 cm³/mol. The molecule has 9 nitrogen and oxygen atoms in total. The molecule has 1 saturated carbocycles. The van der Waals surface area contributed by atoms with Crippen LogP contribution in [0.2, 0.25) is 0 Å². The van der Waals surface area contributed by atoms with Crippen molar-refractivity contribution in [2.24, 2.45) is 11.7 Å². The van der Waals surface area contributed by atoms with Crippen LogP contribution in [0.25, 0.3) is 0 Å². The first kappa shape index (κ1) is 20.9. The molecule has 4 N–H and O–H groups in total. The third-order valence-corrected chi connectivity index (χ3v) is 4.08. The number of carboxylic acid groups (broad SMARTS) is 1. The molecule has 4 atom stereocenters. The molecule has 1 fully saturated rings. The standard InChI is InChI=1S/C16H26N2O7/c1-3-24-15(22)13(18-14(21)10(17)8-12(19)20)16(23)25-11-7-5-4-6-9(11)2/h9-11,13H,3-8,17H2,1-2H3,(H,18,21)(H,19,20)/t9?,10-,11?,13?/m0/s1. The van der Waals surface area contributed by atoms with Gasteiger partial charge in [0.2, 0.25) is 11.9 Å². The lowest BCUT2D eigenvalue weighted by Gasteiger charge is -2.29. The predicted octanol–water partition coefficient (Wildman–Crippen LogP) is -0.0418. The third kappa shape index (κ3) is 6.69. The van der Waals surface area contributed by atoms with Crippen LogP contribution in [0.5, 0.6) is 0 Å². The number of esters is 2. The first-order chi connectivity index (χ1) is 11.8. The molecule has 1 rings (SSSR count). The number of amides is 1. The van der Waals surface area contributed by atoms with E-state index in [9.17, 15) is 19.2 Å². The summed E-state index contributed by atoms with van der Waals surface area (Å²) in [7, 11) is 0. The Morgan fingerprint density at radius 2 is 1.84 bits per heavy atom. The van der Waals surface area contributed by atoms with Gasteiger partial charge in [-0.15, -0.1) is 0 Å². The highest BCUT2D eigenvalue weighted by Crippen LogP contribution is 2.26. The van der Waals surface area contributed by atoms with E-state index in [4.69, 9.17) is 20.3 Å². The molecule has 142 valence electrons. The van der Waals surface area contributed by atoms with Crippen molar-refractivity contribution >= 4 is 23.8 Å². The van der Waals surface area contributed by atoms with E-state index in [2.05, 4.69) is 5.32 Å². The lowest BCUT2D eigenvalue weighted by Crippen LogP contribution is -2.54. The van der Waals surface area contributed by atoms with Crippen molar-refractivity contribution in [1.29, 1.82) is 0 Å². The number of hydrogen-bond donors (Lipinski definition) is 3. The molecule has 0 saturated heterocycles. The Morgan fingerprint density at radius 1 is 1.20 bits per heavy atom. The van der Waals surface area contributed by atoms with Crippen LogP contribution in [-0.4, -0.2) is 53.7 Å². The smallest absolute Gasteiger partial charge is 0.340 e. The van der Waals surface area contributed by atoms with E-state index in [0.29, 0.717) is 6.42 Å².